The molecule has 0 fully saturated rings. The molecule has 0 unspecified atom stereocenters. The standard InChI is InChI=1S/C50H28N4O/c1-2-12-29(13-3-1)30-22-24-32(25-23-30)44-49-45(37-18-8-11-21-42(37)55-49)52-50(51-44)54-40-19-9-6-16-34(40)38-28-39-35-27-26-31-14-4-5-15-33(31)46(35)53-41-20-10-7-17-36(41)43(47(39)53)48(38)54/h1-28H. The second-order valence-electron chi connectivity index (χ2n) is 14.5. The minimum Gasteiger partial charge on any atom is -0.452 e. The van der Waals surface area contributed by atoms with Crippen molar-refractivity contribution in [2.75, 3.05) is 0 Å². The minimum atomic E-state index is 0.612. The van der Waals surface area contributed by atoms with E-state index in [0.29, 0.717) is 11.5 Å². The molecule has 13 aromatic rings. The number of para-hydroxylation sites is 3. The van der Waals surface area contributed by atoms with Crippen LogP contribution in [0.3, 0.4) is 0 Å². The van der Waals surface area contributed by atoms with Gasteiger partial charge in [-0.2, -0.15) is 0 Å². The highest BCUT2D eigenvalue weighted by molar-refractivity contribution is 6.35. The fourth-order valence-corrected chi connectivity index (χ4v) is 9.29. The molecule has 254 valence electrons. The molecule has 5 aromatic heterocycles. The lowest BCUT2D eigenvalue weighted by molar-refractivity contribution is 0.666. The summed E-state index contributed by atoms with van der Waals surface area (Å²) >= 11 is 0. The first-order chi connectivity index (χ1) is 27.3. The van der Waals surface area contributed by atoms with Crippen molar-refractivity contribution in [3.8, 4) is 28.3 Å². The highest BCUT2D eigenvalue weighted by Crippen LogP contribution is 2.48. The fraction of sp³-hybridized carbons (Fsp3) is 0. The van der Waals surface area contributed by atoms with Gasteiger partial charge in [0.05, 0.1) is 27.6 Å². The Kier molecular flexibility index (Phi) is 5.57. The van der Waals surface area contributed by atoms with Crippen molar-refractivity contribution in [1.29, 1.82) is 0 Å². The van der Waals surface area contributed by atoms with Crippen LogP contribution in [-0.4, -0.2) is 18.9 Å². The molecule has 5 heteroatoms. The van der Waals surface area contributed by atoms with E-state index in [9.17, 15) is 0 Å². The average molecular weight is 701 g/mol. The predicted octanol–water partition coefficient (Wildman–Crippen LogP) is 13.1. The van der Waals surface area contributed by atoms with E-state index < -0.39 is 0 Å². The molecule has 8 aromatic carbocycles. The van der Waals surface area contributed by atoms with Gasteiger partial charge in [0.1, 0.15) is 16.8 Å². The molecule has 13 rings (SSSR count). The number of rotatable bonds is 3. The van der Waals surface area contributed by atoms with Gasteiger partial charge in [-0.1, -0.05) is 140 Å². The lowest BCUT2D eigenvalue weighted by Crippen LogP contribution is -2.03. The van der Waals surface area contributed by atoms with Gasteiger partial charge in [-0.25, -0.2) is 9.97 Å². The van der Waals surface area contributed by atoms with Crippen LogP contribution in [0.15, 0.2) is 174 Å². The second kappa shape index (κ2) is 10.6. The lowest BCUT2D eigenvalue weighted by atomic mass is 10.0. The van der Waals surface area contributed by atoms with Crippen LogP contribution in [0.25, 0.3) is 121 Å². The Morgan fingerprint density at radius 3 is 1.93 bits per heavy atom. The Morgan fingerprint density at radius 1 is 0.418 bits per heavy atom. The quantitative estimate of drug-likeness (QED) is 0.184. The van der Waals surface area contributed by atoms with Gasteiger partial charge >= 0.3 is 0 Å². The molecule has 0 saturated heterocycles. The molecule has 5 heterocycles. The van der Waals surface area contributed by atoms with E-state index in [1.807, 2.05) is 24.3 Å². The number of hydrogen-bond donors (Lipinski definition) is 0. The van der Waals surface area contributed by atoms with Crippen LogP contribution in [-0.2, 0) is 0 Å². The zero-order chi connectivity index (χ0) is 35.8. The maximum atomic E-state index is 6.59. The summed E-state index contributed by atoms with van der Waals surface area (Å²) in [6.45, 7) is 0. The third kappa shape index (κ3) is 3.81. The first-order valence-electron chi connectivity index (χ1n) is 18.7. The van der Waals surface area contributed by atoms with Crippen LogP contribution in [0.1, 0.15) is 0 Å². The molecule has 0 aliphatic carbocycles. The molecule has 0 atom stereocenters. The van der Waals surface area contributed by atoms with Gasteiger partial charge in [0, 0.05) is 48.7 Å². The van der Waals surface area contributed by atoms with Crippen LogP contribution in [0.4, 0.5) is 0 Å². The maximum absolute atomic E-state index is 6.59. The summed E-state index contributed by atoms with van der Waals surface area (Å²) < 4.78 is 11.4. The Labute approximate surface area is 313 Å². The summed E-state index contributed by atoms with van der Waals surface area (Å²) in [4.78, 5) is 10.9. The summed E-state index contributed by atoms with van der Waals surface area (Å²) in [5, 5.41) is 10.7. The number of hydrogen-bond acceptors (Lipinski definition) is 3. The van der Waals surface area contributed by atoms with Gasteiger partial charge in [-0.3, -0.25) is 4.57 Å². The van der Waals surface area contributed by atoms with Crippen molar-refractivity contribution in [1.82, 2.24) is 18.9 Å². The minimum absolute atomic E-state index is 0.612. The molecule has 0 amide bonds. The zero-order valence-corrected chi connectivity index (χ0v) is 29.4. The van der Waals surface area contributed by atoms with Gasteiger partial charge < -0.3 is 8.82 Å². The van der Waals surface area contributed by atoms with Gasteiger partial charge in [0.15, 0.2) is 5.58 Å². The summed E-state index contributed by atoms with van der Waals surface area (Å²) in [7, 11) is 0. The smallest absolute Gasteiger partial charge is 0.236 e. The maximum Gasteiger partial charge on any atom is 0.236 e. The molecular weight excluding hydrogens is 673 g/mol. The van der Waals surface area contributed by atoms with E-state index in [0.717, 1.165) is 49.7 Å². The van der Waals surface area contributed by atoms with Gasteiger partial charge in [0.2, 0.25) is 5.95 Å². The molecule has 0 radical (unpaired) electrons. The van der Waals surface area contributed by atoms with E-state index in [1.54, 1.807) is 0 Å². The number of aromatic nitrogens is 4. The molecule has 0 aliphatic rings. The molecule has 0 aliphatic heterocycles. The van der Waals surface area contributed by atoms with Gasteiger partial charge in [-0.05, 0) is 46.8 Å². The van der Waals surface area contributed by atoms with Crippen molar-refractivity contribution >= 4 is 92.7 Å². The summed E-state index contributed by atoms with van der Waals surface area (Å²) in [6.07, 6.45) is 0. The Morgan fingerprint density at radius 2 is 1.07 bits per heavy atom. The Bertz CT molecular complexity index is 3700. The van der Waals surface area contributed by atoms with Crippen molar-refractivity contribution in [2.24, 2.45) is 0 Å². The Balaban J connectivity index is 1.19. The van der Waals surface area contributed by atoms with E-state index in [4.69, 9.17) is 14.4 Å². The van der Waals surface area contributed by atoms with Gasteiger partial charge in [0.25, 0.3) is 0 Å². The Hall–Kier alpha value is -7.50. The van der Waals surface area contributed by atoms with Crippen molar-refractivity contribution in [3.05, 3.63) is 170 Å². The van der Waals surface area contributed by atoms with E-state index in [1.165, 1.54) is 59.8 Å². The van der Waals surface area contributed by atoms with Crippen LogP contribution in [0.2, 0.25) is 0 Å². The molecule has 0 spiro atoms. The molecule has 0 saturated carbocycles. The number of nitrogens with zero attached hydrogens (tertiary/aromatic N) is 4. The highest BCUT2D eigenvalue weighted by Gasteiger charge is 2.27. The van der Waals surface area contributed by atoms with E-state index in [2.05, 4.69) is 155 Å². The van der Waals surface area contributed by atoms with E-state index >= 15 is 0 Å². The first-order valence-corrected chi connectivity index (χ1v) is 18.7. The second-order valence-corrected chi connectivity index (χ2v) is 14.5. The lowest BCUT2D eigenvalue weighted by Gasteiger charge is -2.11. The highest BCUT2D eigenvalue weighted by atomic mass is 16.3. The summed E-state index contributed by atoms with van der Waals surface area (Å²) in [5.74, 6) is 0.612. The van der Waals surface area contributed by atoms with E-state index in [-0.39, 0.29) is 0 Å². The zero-order valence-electron chi connectivity index (χ0n) is 29.4. The van der Waals surface area contributed by atoms with Crippen molar-refractivity contribution in [2.45, 2.75) is 0 Å². The summed E-state index contributed by atoms with van der Waals surface area (Å²) in [5.41, 5.74) is 12.1. The van der Waals surface area contributed by atoms with Crippen LogP contribution >= 0.6 is 0 Å². The monoisotopic (exact) mass is 700 g/mol. The predicted molar refractivity (Wildman–Crippen MR) is 227 cm³/mol. The van der Waals surface area contributed by atoms with Crippen LogP contribution in [0, 0.1) is 0 Å². The van der Waals surface area contributed by atoms with Crippen molar-refractivity contribution in [3.63, 3.8) is 0 Å². The number of furan rings is 1. The average Bonchev–Trinajstić information content (AvgIpc) is 3.99. The third-order valence-electron chi connectivity index (χ3n) is 11.7. The molecule has 0 bridgehead atoms. The van der Waals surface area contributed by atoms with Crippen LogP contribution in [0.5, 0.6) is 0 Å². The van der Waals surface area contributed by atoms with Gasteiger partial charge in [-0.15, -0.1) is 0 Å². The molecule has 5 nitrogen and oxygen atoms in total. The summed E-state index contributed by atoms with van der Waals surface area (Å²) in [6, 6.07) is 60.4. The normalized spacial score (nSPS) is 12.4. The largest absolute Gasteiger partial charge is 0.452 e. The topological polar surface area (TPSA) is 48.3 Å². The third-order valence-corrected chi connectivity index (χ3v) is 11.7. The SMILES string of the molecule is c1ccc(-c2ccc(-c3nc(-n4c5ccccc5c5cc6c7ccc8ccccc8c7n7c8ccccc8c(c54)c67)nc4c3oc3ccccc34)cc2)cc1. The fourth-order valence-electron chi connectivity index (χ4n) is 9.29. The van der Waals surface area contributed by atoms with Crippen molar-refractivity contribution < 1.29 is 4.42 Å². The molecule has 55 heavy (non-hydrogen) atoms. The van der Waals surface area contributed by atoms with Crippen LogP contribution < -0.4 is 0 Å². The number of fused-ring (bicyclic) bond motifs is 15. The molecule has 0 N–H and O–H groups in total. The first kappa shape index (κ1) is 29.0. The number of benzene rings is 8. The molecular formula is C50H28N4O.